The summed E-state index contributed by atoms with van der Waals surface area (Å²) in [7, 11) is 0. The molecule has 0 aliphatic heterocycles. The Morgan fingerprint density at radius 1 is 1.50 bits per heavy atom. The molecule has 0 aromatic rings. The van der Waals surface area contributed by atoms with Gasteiger partial charge in [0.15, 0.2) is 0 Å². The fraction of sp³-hybridized carbons (Fsp3) is 1.00. The first-order valence-corrected chi connectivity index (χ1v) is 4.76. The summed E-state index contributed by atoms with van der Waals surface area (Å²) in [5, 5.41) is 12.3. The Bertz CT molecular complexity index is 124. The van der Waals surface area contributed by atoms with Crippen LogP contribution in [0.2, 0.25) is 0 Å². The summed E-state index contributed by atoms with van der Waals surface area (Å²) in [6.45, 7) is 4.86. The van der Waals surface area contributed by atoms with Gasteiger partial charge in [0.25, 0.3) is 0 Å². The van der Waals surface area contributed by atoms with Crippen LogP contribution in [0.4, 0.5) is 0 Å². The molecule has 3 nitrogen and oxygen atoms in total. The minimum atomic E-state index is 0.0895. The van der Waals surface area contributed by atoms with Crippen molar-refractivity contribution in [1.82, 2.24) is 5.32 Å². The third kappa shape index (κ3) is 3.09. The van der Waals surface area contributed by atoms with E-state index in [0.717, 1.165) is 39.0 Å². The van der Waals surface area contributed by atoms with Gasteiger partial charge in [0.05, 0.1) is 6.61 Å². The molecule has 0 aromatic heterocycles. The van der Waals surface area contributed by atoms with Gasteiger partial charge in [0, 0.05) is 18.8 Å². The largest absolute Gasteiger partial charge is 0.394 e. The third-order valence-corrected chi connectivity index (χ3v) is 2.33. The molecule has 0 atom stereocenters. The number of rotatable bonds is 7. The minimum Gasteiger partial charge on any atom is -0.394 e. The molecule has 1 aliphatic rings. The van der Waals surface area contributed by atoms with Crippen molar-refractivity contribution >= 4 is 0 Å². The van der Waals surface area contributed by atoms with Gasteiger partial charge in [0.2, 0.25) is 0 Å². The van der Waals surface area contributed by atoms with Gasteiger partial charge in [-0.2, -0.15) is 0 Å². The van der Waals surface area contributed by atoms with Crippen LogP contribution in [0.1, 0.15) is 26.2 Å². The summed E-state index contributed by atoms with van der Waals surface area (Å²) in [6, 6.07) is 0. The molecule has 1 saturated carbocycles. The van der Waals surface area contributed by atoms with E-state index >= 15 is 0 Å². The van der Waals surface area contributed by atoms with Gasteiger partial charge in [-0.25, -0.2) is 0 Å². The lowest BCUT2D eigenvalue weighted by Crippen LogP contribution is -2.35. The van der Waals surface area contributed by atoms with Gasteiger partial charge < -0.3 is 15.2 Å². The lowest BCUT2D eigenvalue weighted by Gasteiger charge is -2.13. The standard InChI is InChI=1S/C9H19NO2/c1-2-12-7-3-6-10-9(8-11)4-5-9/h10-11H,2-8H2,1H3. The Hall–Kier alpha value is -0.120. The molecule has 12 heavy (non-hydrogen) atoms. The fourth-order valence-corrected chi connectivity index (χ4v) is 1.21. The van der Waals surface area contributed by atoms with E-state index in [1.807, 2.05) is 6.92 Å². The van der Waals surface area contributed by atoms with Crippen LogP contribution in [0.3, 0.4) is 0 Å². The van der Waals surface area contributed by atoms with Gasteiger partial charge in [-0.15, -0.1) is 0 Å². The number of aliphatic hydroxyl groups excluding tert-OH is 1. The van der Waals surface area contributed by atoms with Gasteiger partial charge >= 0.3 is 0 Å². The second-order valence-electron chi connectivity index (χ2n) is 3.42. The summed E-state index contributed by atoms with van der Waals surface area (Å²) in [5.74, 6) is 0. The Morgan fingerprint density at radius 2 is 2.25 bits per heavy atom. The molecule has 0 bridgehead atoms. The van der Waals surface area contributed by atoms with Crippen molar-refractivity contribution in [3.05, 3.63) is 0 Å². The first-order chi connectivity index (χ1) is 5.83. The molecule has 72 valence electrons. The maximum atomic E-state index is 8.97. The summed E-state index contributed by atoms with van der Waals surface area (Å²) >= 11 is 0. The molecule has 0 saturated heterocycles. The molecule has 0 unspecified atom stereocenters. The summed E-state index contributed by atoms with van der Waals surface area (Å²) in [4.78, 5) is 0. The average molecular weight is 173 g/mol. The molecule has 3 heteroatoms. The predicted molar refractivity (Wildman–Crippen MR) is 48.2 cm³/mol. The quantitative estimate of drug-likeness (QED) is 0.552. The van der Waals surface area contributed by atoms with Crippen LogP contribution >= 0.6 is 0 Å². The highest BCUT2D eigenvalue weighted by atomic mass is 16.5. The van der Waals surface area contributed by atoms with Crippen molar-refractivity contribution in [2.24, 2.45) is 0 Å². The topological polar surface area (TPSA) is 41.5 Å². The van der Waals surface area contributed by atoms with Crippen LogP contribution in [-0.2, 0) is 4.74 Å². The van der Waals surface area contributed by atoms with Crippen molar-refractivity contribution in [2.45, 2.75) is 31.7 Å². The Labute approximate surface area is 74.1 Å². The van der Waals surface area contributed by atoms with Crippen LogP contribution in [0.15, 0.2) is 0 Å². The number of hydrogen-bond donors (Lipinski definition) is 2. The van der Waals surface area contributed by atoms with Crippen LogP contribution in [0.5, 0.6) is 0 Å². The van der Waals surface area contributed by atoms with Crippen LogP contribution in [-0.4, -0.2) is 37.0 Å². The Morgan fingerprint density at radius 3 is 2.75 bits per heavy atom. The second-order valence-corrected chi connectivity index (χ2v) is 3.42. The summed E-state index contributed by atoms with van der Waals surface area (Å²) in [5.41, 5.74) is 0.0895. The zero-order valence-electron chi connectivity index (χ0n) is 7.81. The van der Waals surface area contributed by atoms with Crippen molar-refractivity contribution in [3.8, 4) is 0 Å². The smallest absolute Gasteiger partial charge is 0.0613 e. The van der Waals surface area contributed by atoms with E-state index in [9.17, 15) is 0 Å². The van der Waals surface area contributed by atoms with E-state index in [1.54, 1.807) is 0 Å². The fourth-order valence-electron chi connectivity index (χ4n) is 1.21. The van der Waals surface area contributed by atoms with Gasteiger partial charge in [0.1, 0.15) is 0 Å². The number of ether oxygens (including phenoxy) is 1. The third-order valence-electron chi connectivity index (χ3n) is 2.33. The molecule has 0 radical (unpaired) electrons. The average Bonchev–Trinajstić information content (AvgIpc) is 2.85. The Balaban J connectivity index is 1.89. The predicted octanol–water partition coefficient (Wildman–Crippen LogP) is 0.527. The van der Waals surface area contributed by atoms with E-state index in [2.05, 4.69) is 5.32 Å². The molecular weight excluding hydrogens is 154 g/mol. The van der Waals surface area contributed by atoms with Crippen LogP contribution in [0.25, 0.3) is 0 Å². The van der Waals surface area contributed by atoms with Gasteiger partial charge in [-0.05, 0) is 32.7 Å². The number of nitrogens with one attached hydrogen (secondary N) is 1. The molecule has 1 aliphatic carbocycles. The minimum absolute atomic E-state index is 0.0895. The number of hydrogen-bond acceptors (Lipinski definition) is 3. The zero-order valence-corrected chi connectivity index (χ0v) is 7.81. The molecule has 1 rings (SSSR count). The van der Waals surface area contributed by atoms with Crippen LogP contribution in [0, 0.1) is 0 Å². The van der Waals surface area contributed by atoms with Crippen LogP contribution < -0.4 is 5.32 Å². The highest BCUT2D eigenvalue weighted by Gasteiger charge is 2.40. The summed E-state index contributed by atoms with van der Waals surface area (Å²) in [6.07, 6.45) is 3.28. The van der Waals surface area contributed by atoms with E-state index < -0.39 is 0 Å². The Kier molecular flexibility index (Phi) is 3.98. The van der Waals surface area contributed by atoms with E-state index in [0.29, 0.717) is 0 Å². The lowest BCUT2D eigenvalue weighted by atomic mass is 10.3. The molecule has 0 spiro atoms. The molecule has 1 fully saturated rings. The molecule has 0 heterocycles. The second kappa shape index (κ2) is 4.80. The van der Waals surface area contributed by atoms with E-state index in [-0.39, 0.29) is 12.1 Å². The normalized spacial score (nSPS) is 19.5. The van der Waals surface area contributed by atoms with E-state index in [1.165, 1.54) is 0 Å². The van der Waals surface area contributed by atoms with E-state index in [4.69, 9.17) is 9.84 Å². The highest BCUT2D eigenvalue weighted by molar-refractivity contribution is 5.01. The summed E-state index contributed by atoms with van der Waals surface area (Å²) < 4.78 is 5.20. The maximum absolute atomic E-state index is 8.97. The van der Waals surface area contributed by atoms with Gasteiger partial charge in [-0.1, -0.05) is 0 Å². The lowest BCUT2D eigenvalue weighted by molar-refractivity contribution is 0.142. The molecule has 2 N–H and O–H groups in total. The zero-order chi connectivity index (χ0) is 8.86. The molecule has 0 aromatic carbocycles. The highest BCUT2D eigenvalue weighted by Crippen LogP contribution is 2.34. The van der Waals surface area contributed by atoms with Crippen molar-refractivity contribution in [3.63, 3.8) is 0 Å². The van der Waals surface area contributed by atoms with Crippen molar-refractivity contribution < 1.29 is 9.84 Å². The first-order valence-electron chi connectivity index (χ1n) is 4.76. The SMILES string of the molecule is CCOCCCNC1(CO)CC1. The number of aliphatic hydroxyl groups is 1. The first kappa shape index (κ1) is 9.96. The monoisotopic (exact) mass is 173 g/mol. The molecule has 0 amide bonds. The molecular formula is C9H19NO2. The van der Waals surface area contributed by atoms with Crippen molar-refractivity contribution in [2.75, 3.05) is 26.4 Å². The van der Waals surface area contributed by atoms with Gasteiger partial charge in [-0.3, -0.25) is 0 Å². The maximum Gasteiger partial charge on any atom is 0.0613 e. The van der Waals surface area contributed by atoms with Crippen molar-refractivity contribution in [1.29, 1.82) is 0 Å².